The SMILES string of the molecule is CCNC(=NCCN(CC)C(=O)OC(C)(C)C)NC1CCN(C(=O)CC)C1.I. The molecule has 28 heavy (non-hydrogen) atoms. The second-order valence-corrected chi connectivity index (χ2v) is 7.64. The monoisotopic (exact) mass is 511 g/mol. The maximum absolute atomic E-state index is 12.2. The Bertz CT molecular complexity index is 522. The zero-order valence-electron chi connectivity index (χ0n) is 18.2. The fourth-order valence-electron chi connectivity index (χ4n) is 2.83. The number of nitrogens with one attached hydrogen (secondary N) is 2. The topological polar surface area (TPSA) is 86.3 Å². The lowest BCUT2D eigenvalue weighted by Gasteiger charge is -2.26. The van der Waals surface area contributed by atoms with Crippen LogP contribution in [0.1, 0.15) is 54.4 Å². The maximum Gasteiger partial charge on any atom is 0.410 e. The standard InChI is InChI=1S/C19H37N5O3.HI/c1-7-16(25)24-12-10-15(14-24)22-17(20-8-2)21-11-13-23(9-3)18(26)27-19(4,5)6;/h15H,7-14H2,1-6H3,(H2,20,21,22);1H. The van der Waals surface area contributed by atoms with Crippen LogP contribution in [0.2, 0.25) is 0 Å². The van der Waals surface area contributed by atoms with E-state index in [0.717, 1.165) is 19.5 Å². The average molecular weight is 511 g/mol. The van der Waals surface area contributed by atoms with E-state index in [-0.39, 0.29) is 42.0 Å². The molecule has 0 bridgehead atoms. The highest BCUT2D eigenvalue weighted by Gasteiger charge is 2.26. The zero-order valence-corrected chi connectivity index (χ0v) is 20.5. The highest BCUT2D eigenvalue weighted by atomic mass is 127. The van der Waals surface area contributed by atoms with E-state index in [1.807, 2.05) is 46.4 Å². The van der Waals surface area contributed by atoms with Crippen LogP contribution in [0, 0.1) is 0 Å². The number of hydrogen-bond acceptors (Lipinski definition) is 4. The van der Waals surface area contributed by atoms with Gasteiger partial charge in [-0.25, -0.2) is 4.79 Å². The Labute approximate surface area is 186 Å². The van der Waals surface area contributed by atoms with Crippen molar-refractivity contribution in [3.05, 3.63) is 0 Å². The first-order valence-corrected chi connectivity index (χ1v) is 10.0. The number of carbonyl (C=O) groups is 2. The molecule has 0 aromatic carbocycles. The van der Waals surface area contributed by atoms with Gasteiger partial charge in [-0.15, -0.1) is 24.0 Å². The molecular weight excluding hydrogens is 473 g/mol. The molecule has 1 atom stereocenters. The second kappa shape index (κ2) is 13.1. The van der Waals surface area contributed by atoms with E-state index < -0.39 is 5.60 Å². The van der Waals surface area contributed by atoms with Crippen molar-refractivity contribution in [3.8, 4) is 0 Å². The Kier molecular flexibility index (Phi) is 12.5. The Hall–Kier alpha value is -1.26. The van der Waals surface area contributed by atoms with Crippen molar-refractivity contribution >= 4 is 41.9 Å². The highest BCUT2D eigenvalue weighted by molar-refractivity contribution is 14.0. The molecule has 1 heterocycles. The molecule has 1 rings (SSSR count). The summed E-state index contributed by atoms with van der Waals surface area (Å²) in [5.74, 6) is 0.908. The summed E-state index contributed by atoms with van der Waals surface area (Å²) >= 11 is 0. The van der Waals surface area contributed by atoms with Gasteiger partial charge >= 0.3 is 6.09 Å². The average Bonchev–Trinajstić information content (AvgIpc) is 3.05. The van der Waals surface area contributed by atoms with Gasteiger partial charge in [0.05, 0.1) is 6.54 Å². The van der Waals surface area contributed by atoms with Crippen molar-refractivity contribution < 1.29 is 14.3 Å². The Morgan fingerprint density at radius 3 is 2.46 bits per heavy atom. The van der Waals surface area contributed by atoms with E-state index in [9.17, 15) is 9.59 Å². The van der Waals surface area contributed by atoms with E-state index in [0.29, 0.717) is 38.6 Å². The fraction of sp³-hybridized carbons (Fsp3) is 0.842. The number of amides is 2. The lowest BCUT2D eigenvalue weighted by molar-refractivity contribution is -0.129. The minimum atomic E-state index is -0.505. The summed E-state index contributed by atoms with van der Waals surface area (Å²) in [6.45, 7) is 15.2. The van der Waals surface area contributed by atoms with Gasteiger partial charge in [0.15, 0.2) is 5.96 Å². The van der Waals surface area contributed by atoms with Gasteiger partial charge < -0.3 is 25.2 Å². The van der Waals surface area contributed by atoms with Crippen molar-refractivity contribution in [2.75, 3.05) is 39.3 Å². The number of halogens is 1. The number of likely N-dealkylation sites (tertiary alicyclic amines) is 1. The Morgan fingerprint density at radius 1 is 1.25 bits per heavy atom. The summed E-state index contributed by atoms with van der Waals surface area (Å²) in [5, 5.41) is 6.62. The van der Waals surface area contributed by atoms with Crippen LogP contribution in [0.15, 0.2) is 4.99 Å². The van der Waals surface area contributed by atoms with Gasteiger partial charge in [-0.2, -0.15) is 0 Å². The molecule has 0 radical (unpaired) electrons. The van der Waals surface area contributed by atoms with Crippen LogP contribution in [-0.4, -0.2) is 78.7 Å². The molecule has 1 aliphatic rings. The first kappa shape index (κ1) is 26.7. The molecule has 8 nitrogen and oxygen atoms in total. The van der Waals surface area contributed by atoms with Crippen molar-refractivity contribution in [2.24, 2.45) is 4.99 Å². The van der Waals surface area contributed by atoms with Crippen LogP contribution in [0.5, 0.6) is 0 Å². The fourth-order valence-corrected chi connectivity index (χ4v) is 2.83. The van der Waals surface area contributed by atoms with E-state index in [1.165, 1.54) is 0 Å². The van der Waals surface area contributed by atoms with E-state index >= 15 is 0 Å². The summed E-state index contributed by atoms with van der Waals surface area (Å²) in [7, 11) is 0. The van der Waals surface area contributed by atoms with Crippen molar-refractivity contribution in [1.82, 2.24) is 20.4 Å². The largest absolute Gasteiger partial charge is 0.444 e. The molecule has 1 unspecified atom stereocenters. The predicted molar refractivity (Wildman–Crippen MR) is 123 cm³/mol. The molecule has 164 valence electrons. The minimum absolute atomic E-state index is 0. The highest BCUT2D eigenvalue weighted by Crippen LogP contribution is 2.11. The zero-order chi connectivity index (χ0) is 20.4. The number of likely N-dealkylation sites (N-methyl/N-ethyl adjacent to an activating group) is 1. The van der Waals surface area contributed by atoms with Crippen molar-refractivity contribution in [2.45, 2.75) is 66.0 Å². The number of ether oxygens (including phenoxy) is 1. The summed E-state index contributed by atoms with van der Waals surface area (Å²) < 4.78 is 5.42. The van der Waals surface area contributed by atoms with Gasteiger partial charge in [0, 0.05) is 45.2 Å². The second-order valence-electron chi connectivity index (χ2n) is 7.64. The van der Waals surface area contributed by atoms with Crippen LogP contribution >= 0.6 is 24.0 Å². The normalized spacial score (nSPS) is 17.0. The number of rotatable bonds is 7. The first-order chi connectivity index (χ1) is 12.7. The summed E-state index contributed by atoms with van der Waals surface area (Å²) in [5.41, 5.74) is -0.505. The van der Waals surface area contributed by atoms with Crippen molar-refractivity contribution in [1.29, 1.82) is 0 Å². The number of aliphatic imine (C=N–C) groups is 1. The third-order valence-corrected chi connectivity index (χ3v) is 4.20. The van der Waals surface area contributed by atoms with Crippen LogP contribution in [-0.2, 0) is 9.53 Å². The molecule has 0 aromatic heterocycles. The van der Waals surface area contributed by atoms with E-state index in [1.54, 1.807) is 4.90 Å². The minimum Gasteiger partial charge on any atom is -0.444 e. The molecule has 1 saturated heterocycles. The van der Waals surface area contributed by atoms with Gasteiger partial charge in [0.25, 0.3) is 0 Å². The third kappa shape index (κ3) is 9.79. The van der Waals surface area contributed by atoms with Gasteiger partial charge in [-0.1, -0.05) is 6.92 Å². The number of hydrogen-bond donors (Lipinski definition) is 2. The molecule has 0 aromatic rings. The molecule has 2 N–H and O–H groups in total. The van der Waals surface area contributed by atoms with Crippen LogP contribution in [0.25, 0.3) is 0 Å². The number of nitrogens with zero attached hydrogens (tertiary/aromatic N) is 3. The molecule has 0 aliphatic carbocycles. The smallest absolute Gasteiger partial charge is 0.410 e. The van der Waals surface area contributed by atoms with Gasteiger partial charge in [-0.05, 0) is 41.0 Å². The number of carbonyl (C=O) groups excluding carboxylic acids is 2. The van der Waals surface area contributed by atoms with E-state index in [4.69, 9.17) is 4.74 Å². The Balaban J connectivity index is 0.00000729. The Morgan fingerprint density at radius 2 is 1.93 bits per heavy atom. The predicted octanol–water partition coefficient (Wildman–Crippen LogP) is 2.43. The molecule has 1 fully saturated rings. The third-order valence-electron chi connectivity index (χ3n) is 4.20. The summed E-state index contributed by atoms with van der Waals surface area (Å²) in [6, 6.07) is 0.200. The molecule has 0 saturated carbocycles. The molecule has 0 spiro atoms. The molecule has 2 amide bonds. The lowest BCUT2D eigenvalue weighted by Crippen LogP contribution is -2.45. The maximum atomic E-state index is 12.2. The molecule has 1 aliphatic heterocycles. The molecule has 9 heteroatoms. The lowest BCUT2D eigenvalue weighted by atomic mass is 10.2. The van der Waals surface area contributed by atoms with Crippen LogP contribution < -0.4 is 10.6 Å². The molecular formula is C19H38IN5O3. The summed E-state index contributed by atoms with van der Waals surface area (Å²) in [4.78, 5) is 32.1. The van der Waals surface area contributed by atoms with Crippen molar-refractivity contribution in [3.63, 3.8) is 0 Å². The number of guanidine groups is 1. The van der Waals surface area contributed by atoms with E-state index in [2.05, 4.69) is 15.6 Å². The van der Waals surface area contributed by atoms with Gasteiger partial charge in [0.1, 0.15) is 5.60 Å². The first-order valence-electron chi connectivity index (χ1n) is 10.0. The quantitative estimate of drug-likeness (QED) is 0.312. The van der Waals surface area contributed by atoms with Gasteiger partial charge in [-0.3, -0.25) is 9.79 Å². The van der Waals surface area contributed by atoms with Gasteiger partial charge in [0.2, 0.25) is 5.91 Å². The summed E-state index contributed by atoms with van der Waals surface area (Å²) in [6.07, 6.45) is 1.13. The van der Waals surface area contributed by atoms with Crippen LogP contribution in [0.4, 0.5) is 4.79 Å². The van der Waals surface area contributed by atoms with Crippen LogP contribution in [0.3, 0.4) is 0 Å².